The van der Waals surface area contributed by atoms with Crippen molar-refractivity contribution in [3.63, 3.8) is 0 Å². The van der Waals surface area contributed by atoms with Gasteiger partial charge in [0.1, 0.15) is 0 Å². The Morgan fingerprint density at radius 1 is 0.242 bits per heavy atom. The highest BCUT2D eigenvalue weighted by Gasteiger charge is 2.19. The summed E-state index contributed by atoms with van der Waals surface area (Å²) >= 11 is 0. The molecule has 11 aromatic rings. The molecule has 3 aromatic heterocycles. The molecule has 62 heavy (non-hydrogen) atoms. The van der Waals surface area contributed by atoms with Gasteiger partial charge in [0.2, 0.25) is 0 Å². The summed E-state index contributed by atoms with van der Waals surface area (Å²) < 4.78 is 0. The molecular formula is C57H37N5. The van der Waals surface area contributed by atoms with Gasteiger partial charge in [-0.05, 0) is 64.4 Å². The quantitative estimate of drug-likeness (QED) is 0.143. The zero-order valence-electron chi connectivity index (χ0n) is 33.6. The van der Waals surface area contributed by atoms with E-state index in [0.29, 0.717) is 11.6 Å². The van der Waals surface area contributed by atoms with Crippen molar-refractivity contribution in [1.82, 2.24) is 24.9 Å². The van der Waals surface area contributed by atoms with Crippen molar-refractivity contribution in [3.05, 3.63) is 224 Å². The van der Waals surface area contributed by atoms with Crippen molar-refractivity contribution >= 4 is 21.7 Å². The minimum Gasteiger partial charge on any atom is -0.248 e. The molecule has 0 unspecified atom stereocenters. The lowest BCUT2D eigenvalue weighted by Crippen LogP contribution is -1.99. The Kier molecular flexibility index (Phi) is 9.45. The fourth-order valence-electron chi connectivity index (χ4n) is 8.21. The van der Waals surface area contributed by atoms with Crippen LogP contribution in [0.25, 0.3) is 112 Å². The molecule has 8 aromatic carbocycles. The predicted molar refractivity (Wildman–Crippen MR) is 254 cm³/mol. The van der Waals surface area contributed by atoms with E-state index in [1.165, 1.54) is 0 Å². The molecule has 0 aliphatic rings. The molecule has 0 saturated heterocycles. The average molecular weight is 792 g/mol. The average Bonchev–Trinajstić information content (AvgIpc) is 3.37. The monoisotopic (exact) mass is 791 g/mol. The van der Waals surface area contributed by atoms with E-state index in [1.807, 2.05) is 78.9 Å². The summed E-state index contributed by atoms with van der Waals surface area (Å²) in [5, 5.41) is 3.34. The van der Waals surface area contributed by atoms with Crippen LogP contribution < -0.4 is 0 Å². The first-order chi connectivity index (χ1) is 30.7. The van der Waals surface area contributed by atoms with E-state index in [9.17, 15) is 0 Å². The van der Waals surface area contributed by atoms with E-state index in [4.69, 9.17) is 24.9 Å². The molecule has 3 heterocycles. The lowest BCUT2D eigenvalue weighted by atomic mass is 9.92. The Bertz CT molecular complexity index is 3110. The molecule has 5 heteroatoms. The summed E-state index contributed by atoms with van der Waals surface area (Å²) in [5.74, 6) is 1.20. The zero-order chi connectivity index (χ0) is 41.2. The van der Waals surface area contributed by atoms with Crippen LogP contribution in [0, 0.1) is 0 Å². The molecule has 0 saturated carbocycles. The molecular weight excluding hydrogens is 755 g/mol. The standard InChI is InChI=1S/C57H37N5/c1-6-19-39(20-7-1)50-35-48(55-47-29-17-16-18-38(47)30-31-49(55)58-50)44-32-45(56-59-51(40-21-8-2-9-22-40)36-52(60-56)41-23-10-3-11-24-41)34-46(33-44)57-61-53(42-25-12-4-13-26-42)37-54(62-57)43-27-14-5-15-28-43/h1-37H. The van der Waals surface area contributed by atoms with Crippen LogP contribution in [0.1, 0.15) is 0 Å². The molecule has 0 N–H and O–H groups in total. The Hall–Kier alpha value is -8.41. The number of rotatable bonds is 8. The maximum atomic E-state index is 5.31. The smallest absolute Gasteiger partial charge is 0.160 e. The van der Waals surface area contributed by atoms with E-state index in [1.54, 1.807) is 0 Å². The van der Waals surface area contributed by atoms with Crippen LogP contribution in [-0.2, 0) is 0 Å². The molecule has 0 spiro atoms. The van der Waals surface area contributed by atoms with Gasteiger partial charge in [-0.25, -0.2) is 24.9 Å². The normalized spacial score (nSPS) is 11.2. The van der Waals surface area contributed by atoms with Crippen molar-refractivity contribution in [2.45, 2.75) is 0 Å². The van der Waals surface area contributed by atoms with Gasteiger partial charge in [0.05, 0.1) is 34.0 Å². The zero-order valence-corrected chi connectivity index (χ0v) is 33.6. The van der Waals surface area contributed by atoms with Crippen LogP contribution in [0.4, 0.5) is 0 Å². The Balaban J connectivity index is 1.23. The van der Waals surface area contributed by atoms with Crippen molar-refractivity contribution in [2.24, 2.45) is 0 Å². The second-order valence-electron chi connectivity index (χ2n) is 15.3. The maximum Gasteiger partial charge on any atom is 0.160 e. The Labute approximate surface area is 359 Å². The number of benzene rings is 8. The van der Waals surface area contributed by atoms with Crippen molar-refractivity contribution in [3.8, 4) is 90.2 Å². The summed E-state index contributed by atoms with van der Waals surface area (Å²) in [7, 11) is 0. The molecule has 0 amide bonds. The first-order valence-corrected chi connectivity index (χ1v) is 20.7. The number of pyridine rings is 1. The van der Waals surface area contributed by atoms with Gasteiger partial charge in [0, 0.05) is 44.3 Å². The molecule has 5 nitrogen and oxygen atoms in total. The SMILES string of the molecule is c1ccc(-c2cc(-c3ccccc3)nc(-c3cc(-c4nc(-c5ccccc5)cc(-c5ccccc5)n4)cc(-c4cc(-c5ccccc5)nc5ccc6ccccc6c45)c3)n2)cc1. The minimum atomic E-state index is 0.599. The van der Waals surface area contributed by atoms with Gasteiger partial charge in [-0.15, -0.1) is 0 Å². The number of hydrogen-bond donors (Lipinski definition) is 0. The lowest BCUT2D eigenvalue weighted by Gasteiger charge is -2.16. The summed E-state index contributed by atoms with van der Waals surface area (Å²) in [6.07, 6.45) is 0. The van der Waals surface area contributed by atoms with Crippen LogP contribution >= 0.6 is 0 Å². The lowest BCUT2D eigenvalue weighted by molar-refractivity contribution is 1.17. The highest BCUT2D eigenvalue weighted by molar-refractivity contribution is 6.14. The molecule has 0 atom stereocenters. The second-order valence-corrected chi connectivity index (χ2v) is 15.3. The number of aromatic nitrogens is 5. The van der Waals surface area contributed by atoms with Crippen LogP contribution in [0.3, 0.4) is 0 Å². The van der Waals surface area contributed by atoms with Gasteiger partial charge in [-0.3, -0.25) is 0 Å². The molecule has 0 radical (unpaired) electrons. The number of nitrogens with zero attached hydrogens (tertiary/aromatic N) is 5. The highest BCUT2D eigenvalue weighted by Crippen LogP contribution is 2.40. The van der Waals surface area contributed by atoms with Gasteiger partial charge in [-0.2, -0.15) is 0 Å². The molecule has 290 valence electrons. The highest BCUT2D eigenvalue weighted by atomic mass is 14.9. The molecule has 0 bridgehead atoms. The second kappa shape index (κ2) is 16.0. The van der Waals surface area contributed by atoms with Gasteiger partial charge < -0.3 is 0 Å². The third kappa shape index (κ3) is 7.18. The summed E-state index contributed by atoms with van der Waals surface area (Å²) in [4.78, 5) is 26.5. The van der Waals surface area contributed by atoms with E-state index in [-0.39, 0.29) is 0 Å². The predicted octanol–water partition coefficient (Wildman–Crippen LogP) is 14.3. The van der Waals surface area contributed by atoms with Crippen LogP contribution in [-0.4, -0.2) is 24.9 Å². The van der Waals surface area contributed by atoms with E-state index in [2.05, 4.69) is 146 Å². The largest absolute Gasteiger partial charge is 0.248 e. The molecule has 11 rings (SSSR count). The van der Waals surface area contributed by atoms with E-state index >= 15 is 0 Å². The number of hydrogen-bond acceptors (Lipinski definition) is 5. The topological polar surface area (TPSA) is 64.5 Å². The van der Waals surface area contributed by atoms with Crippen LogP contribution in [0.15, 0.2) is 224 Å². The Morgan fingerprint density at radius 2 is 0.597 bits per heavy atom. The fourth-order valence-corrected chi connectivity index (χ4v) is 8.21. The molecule has 0 aliphatic heterocycles. The van der Waals surface area contributed by atoms with Gasteiger partial charge in [0.15, 0.2) is 11.6 Å². The van der Waals surface area contributed by atoms with Gasteiger partial charge in [-0.1, -0.05) is 182 Å². The van der Waals surface area contributed by atoms with Crippen molar-refractivity contribution in [2.75, 3.05) is 0 Å². The van der Waals surface area contributed by atoms with E-state index < -0.39 is 0 Å². The van der Waals surface area contributed by atoms with Crippen molar-refractivity contribution in [1.29, 1.82) is 0 Å². The minimum absolute atomic E-state index is 0.599. The summed E-state index contributed by atoms with van der Waals surface area (Å²) in [5.41, 5.74) is 13.9. The van der Waals surface area contributed by atoms with Crippen molar-refractivity contribution < 1.29 is 0 Å². The maximum absolute atomic E-state index is 5.31. The third-order valence-corrected chi connectivity index (χ3v) is 11.3. The van der Waals surface area contributed by atoms with E-state index in [0.717, 1.165) is 100 Å². The first kappa shape index (κ1) is 36.7. The molecule has 0 aliphatic carbocycles. The summed E-state index contributed by atoms with van der Waals surface area (Å²) in [6, 6.07) is 77.4. The van der Waals surface area contributed by atoms with Crippen LogP contribution in [0.2, 0.25) is 0 Å². The fraction of sp³-hybridized carbons (Fsp3) is 0. The third-order valence-electron chi connectivity index (χ3n) is 11.3. The Morgan fingerprint density at radius 3 is 1.02 bits per heavy atom. The first-order valence-electron chi connectivity index (χ1n) is 20.7. The van der Waals surface area contributed by atoms with Crippen LogP contribution in [0.5, 0.6) is 0 Å². The van der Waals surface area contributed by atoms with Gasteiger partial charge >= 0.3 is 0 Å². The summed E-state index contributed by atoms with van der Waals surface area (Å²) in [6.45, 7) is 0. The number of fused-ring (bicyclic) bond motifs is 3. The van der Waals surface area contributed by atoms with Gasteiger partial charge in [0.25, 0.3) is 0 Å². The molecule has 0 fully saturated rings.